The molecule has 1 aromatic rings. The molecule has 0 saturated carbocycles. The molecule has 13 heavy (non-hydrogen) atoms. The van der Waals surface area contributed by atoms with Gasteiger partial charge in [-0.25, -0.2) is 0 Å². The van der Waals surface area contributed by atoms with E-state index in [-0.39, 0.29) is 0 Å². The van der Waals surface area contributed by atoms with Gasteiger partial charge >= 0.3 is 87.7 Å². The molecule has 0 fully saturated rings. The Morgan fingerprint density at radius 2 is 1.85 bits per heavy atom. The number of benzene rings is 1. The molecule has 1 rings (SSSR count). The molecule has 0 radical (unpaired) electrons. The molecule has 0 aliphatic rings. The van der Waals surface area contributed by atoms with E-state index in [1.165, 1.54) is 50.4 Å². The average molecular weight is 218 g/mol. The summed E-state index contributed by atoms with van der Waals surface area (Å²) in [6, 6.07) is 10.8. The van der Waals surface area contributed by atoms with E-state index in [1.54, 1.807) is 0 Å². The normalized spacial score (nSPS) is 10.5. The Kier molecular flexibility index (Phi) is 5.97. The maximum atomic E-state index is 2.26. The van der Waals surface area contributed by atoms with Gasteiger partial charge in [0.05, 0.1) is 0 Å². The Morgan fingerprint density at radius 3 is 2.54 bits per heavy atom. The van der Waals surface area contributed by atoms with Gasteiger partial charge in [0.2, 0.25) is 0 Å². The summed E-state index contributed by atoms with van der Waals surface area (Å²) in [5.41, 5.74) is 1.49. The molecule has 0 amide bonds. The first-order valence-corrected chi connectivity index (χ1v) is 6.53. The fourth-order valence-electron chi connectivity index (χ4n) is 1.15. The molecule has 0 aliphatic heterocycles. The summed E-state index contributed by atoms with van der Waals surface area (Å²) in [7, 11) is 0. The number of hydrogen-bond donors (Lipinski definition) is 0. The molecular formula is C12H18Fe. The van der Waals surface area contributed by atoms with Gasteiger partial charge in [-0.05, 0) is 0 Å². The van der Waals surface area contributed by atoms with Crippen molar-refractivity contribution in [2.24, 2.45) is 0 Å². The minimum atomic E-state index is 1.25. The summed E-state index contributed by atoms with van der Waals surface area (Å²) in [5, 5.41) is 2.65. The van der Waals surface area contributed by atoms with Crippen LogP contribution < -0.4 is 0 Å². The number of rotatable bonds is 6. The minimum absolute atomic E-state index is 1.25. The van der Waals surface area contributed by atoms with Crippen LogP contribution in [-0.4, -0.2) is 0 Å². The fraction of sp³-hybridized carbons (Fsp3) is 0.500. The Morgan fingerprint density at radius 1 is 1.08 bits per heavy atom. The molecule has 0 atom stereocenters. The van der Waals surface area contributed by atoms with Crippen molar-refractivity contribution in [1.29, 1.82) is 0 Å². The molecule has 1 heteroatoms. The van der Waals surface area contributed by atoms with E-state index in [4.69, 9.17) is 0 Å². The molecule has 0 aliphatic carbocycles. The Labute approximate surface area is 87.9 Å². The van der Waals surface area contributed by atoms with Crippen LogP contribution in [-0.2, 0) is 20.3 Å². The van der Waals surface area contributed by atoms with Gasteiger partial charge in [-0.1, -0.05) is 0 Å². The first-order valence-electron chi connectivity index (χ1n) is 4.97. The van der Waals surface area contributed by atoms with E-state index in [2.05, 4.69) is 37.3 Å². The summed E-state index contributed by atoms with van der Waals surface area (Å²) in [6.45, 7) is 2.26. The molecule has 0 bridgehead atoms. The SMILES string of the molecule is CCCC[CH2][Fe][CH2]c1ccccc1. The second kappa shape index (κ2) is 7.17. The van der Waals surface area contributed by atoms with Crippen LogP contribution in [0.4, 0.5) is 0 Å². The van der Waals surface area contributed by atoms with Crippen LogP contribution >= 0.6 is 0 Å². The molecule has 74 valence electrons. The molecule has 0 N–H and O–H groups in total. The van der Waals surface area contributed by atoms with E-state index >= 15 is 0 Å². The first-order chi connectivity index (χ1) is 6.43. The van der Waals surface area contributed by atoms with Gasteiger partial charge in [-0.3, -0.25) is 0 Å². The first kappa shape index (κ1) is 10.8. The van der Waals surface area contributed by atoms with Crippen molar-refractivity contribution >= 4 is 0 Å². The summed E-state index contributed by atoms with van der Waals surface area (Å²) < 4.78 is 0. The van der Waals surface area contributed by atoms with Crippen molar-refractivity contribution in [2.45, 2.75) is 36.8 Å². The predicted octanol–water partition coefficient (Wildman–Crippen LogP) is 3.88. The molecule has 0 saturated heterocycles. The van der Waals surface area contributed by atoms with E-state index in [9.17, 15) is 0 Å². The number of unbranched alkanes of at least 4 members (excludes halogenated alkanes) is 2. The van der Waals surface area contributed by atoms with Gasteiger partial charge in [0, 0.05) is 0 Å². The standard InChI is InChI=1S/C7H7.C5H11.Fe/c1-7-5-3-2-4-6-7;1-3-5-4-2;/h2-6H,1H2;1,3-5H2,2H3;. The Balaban J connectivity index is 2.07. The van der Waals surface area contributed by atoms with Crippen LogP contribution in [0, 0.1) is 0 Å². The van der Waals surface area contributed by atoms with E-state index < -0.39 is 0 Å². The molecule has 0 spiro atoms. The second-order valence-electron chi connectivity index (χ2n) is 3.17. The summed E-state index contributed by atoms with van der Waals surface area (Å²) in [6.07, 6.45) is 4.14. The molecule has 0 aromatic heterocycles. The van der Waals surface area contributed by atoms with Crippen LogP contribution in [0.25, 0.3) is 0 Å². The van der Waals surface area contributed by atoms with Crippen molar-refractivity contribution in [3.63, 3.8) is 0 Å². The third-order valence-electron chi connectivity index (χ3n) is 1.93. The second-order valence-corrected chi connectivity index (χ2v) is 4.67. The van der Waals surface area contributed by atoms with Gasteiger partial charge in [-0.15, -0.1) is 0 Å². The zero-order valence-corrected chi connectivity index (χ0v) is 9.38. The predicted molar refractivity (Wildman–Crippen MR) is 54.5 cm³/mol. The summed E-state index contributed by atoms with van der Waals surface area (Å²) in [4.78, 5) is 0. The molecule has 0 heterocycles. The van der Waals surface area contributed by atoms with Crippen molar-refractivity contribution in [3.8, 4) is 0 Å². The zero-order chi connectivity index (χ0) is 9.36. The quantitative estimate of drug-likeness (QED) is 0.502. The van der Waals surface area contributed by atoms with Gasteiger partial charge in [0.25, 0.3) is 0 Å². The van der Waals surface area contributed by atoms with Crippen LogP contribution in [0.3, 0.4) is 0 Å². The van der Waals surface area contributed by atoms with Gasteiger partial charge < -0.3 is 0 Å². The average Bonchev–Trinajstić information content (AvgIpc) is 2.19. The zero-order valence-electron chi connectivity index (χ0n) is 8.28. The van der Waals surface area contributed by atoms with Crippen LogP contribution in [0.1, 0.15) is 31.7 Å². The van der Waals surface area contributed by atoms with Crippen molar-refractivity contribution in [2.75, 3.05) is 0 Å². The molecule has 0 unspecified atom stereocenters. The topological polar surface area (TPSA) is 0 Å². The number of hydrogen-bond acceptors (Lipinski definition) is 0. The van der Waals surface area contributed by atoms with E-state index in [0.717, 1.165) is 0 Å². The van der Waals surface area contributed by atoms with Crippen LogP contribution in [0.2, 0.25) is 5.32 Å². The van der Waals surface area contributed by atoms with E-state index in [0.29, 0.717) is 0 Å². The van der Waals surface area contributed by atoms with Gasteiger partial charge in [0.1, 0.15) is 0 Å². The molecule has 1 aromatic carbocycles. The van der Waals surface area contributed by atoms with Crippen molar-refractivity contribution in [1.82, 2.24) is 0 Å². The van der Waals surface area contributed by atoms with Crippen molar-refractivity contribution in [3.05, 3.63) is 35.9 Å². The van der Waals surface area contributed by atoms with E-state index in [1.807, 2.05) is 0 Å². The fourth-order valence-corrected chi connectivity index (χ4v) is 2.48. The van der Waals surface area contributed by atoms with Gasteiger partial charge in [0.15, 0.2) is 0 Å². The van der Waals surface area contributed by atoms with Crippen LogP contribution in [0.15, 0.2) is 30.3 Å². The molecule has 0 nitrogen and oxygen atoms in total. The maximum absolute atomic E-state index is 2.26. The monoisotopic (exact) mass is 218 g/mol. The third kappa shape index (κ3) is 5.13. The van der Waals surface area contributed by atoms with Crippen molar-refractivity contribution < 1.29 is 15.0 Å². The third-order valence-corrected chi connectivity index (χ3v) is 3.44. The van der Waals surface area contributed by atoms with Gasteiger partial charge in [-0.2, -0.15) is 0 Å². The van der Waals surface area contributed by atoms with Crippen LogP contribution in [0.5, 0.6) is 0 Å². The molecular weight excluding hydrogens is 200 g/mol. The Bertz CT molecular complexity index is 206. The summed E-state index contributed by atoms with van der Waals surface area (Å²) in [5.74, 6) is 0. The summed E-state index contributed by atoms with van der Waals surface area (Å²) >= 11 is 1.35. The Hall–Kier alpha value is -0.261.